The van der Waals surface area contributed by atoms with Crippen molar-refractivity contribution < 1.29 is 4.79 Å². The van der Waals surface area contributed by atoms with Crippen LogP contribution in [0.1, 0.15) is 47.6 Å². The number of nitrogens with one attached hydrogen (secondary N) is 1. The largest absolute Gasteiger partial charge is 0.334 e. The van der Waals surface area contributed by atoms with E-state index in [2.05, 4.69) is 46.4 Å². The number of aromatic nitrogens is 4. The molecular weight excluding hydrogens is 328 g/mol. The van der Waals surface area contributed by atoms with Gasteiger partial charge in [0.2, 0.25) is 0 Å². The minimum Gasteiger partial charge on any atom is -0.334 e. The van der Waals surface area contributed by atoms with E-state index >= 15 is 0 Å². The molecule has 1 aromatic carbocycles. The van der Waals surface area contributed by atoms with E-state index in [0.29, 0.717) is 24.6 Å². The van der Waals surface area contributed by atoms with E-state index in [0.717, 1.165) is 12.2 Å². The number of carbonyl (C=O) groups is 1. The summed E-state index contributed by atoms with van der Waals surface area (Å²) in [5.74, 6) is 0.628. The zero-order valence-electron chi connectivity index (χ0n) is 15.0. The first-order valence-electron chi connectivity index (χ1n) is 8.92. The third kappa shape index (κ3) is 3.06. The van der Waals surface area contributed by atoms with Crippen LogP contribution in [-0.2, 0) is 0 Å². The molecule has 4 rings (SSSR count). The molecule has 0 aliphatic carbocycles. The van der Waals surface area contributed by atoms with Crippen LogP contribution in [0, 0.1) is 0 Å². The number of fused-ring (bicyclic) bond motifs is 1. The van der Waals surface area contributed by atoms with Crippen LogP contribution < -0.4 is 5.32 Å². The summed E-state index contributed by atoms with van der Waals surface area (Å²) < 4.78 is 1.70. The van der Waals surface area contributed by atoms with Crippen LogP contribution in [0.5, 0.6) is 0 Å². The van der Waals surface area contributed by atoms with E-state index in [9.17, 15) is 4.79 Å². The predicted octanol–water partition coefficient (Wildman–Crippen LogP) is 2.03. The van der Waals surface area contributed by atoms with Crippen LogP contribution in [-0.4, -0.2) is 50.0 Å². The van der Waals surface area contributed by atoms with Crippen molar-refractivity contribution in [3.63, 3.8) is 0 Å². The van der Waals surface area contributed by atoms with Crippen LogP contribution in [0.4, 0.5) is 0 Å². The monoisotopic (exact) mass is 350 g/mol. The number of amides is 1. The average molecular weight is 350 g/mol. The van der Waals surface area contributed by atoms with Crippen LogP contribution in [0.25, 0.3) is 5.78 Å². The van der Waals surface area contributed by atoms with Gasteiger partial charge in [-0.05, 0) is 17.5 Å². The number of piperazine rings is 1. The molecule has 1 aliphatic rings. The summed E-state index contributed by atoms with van der Waals surface area (Å²) in [6.45, 7) is 6.19. The van der Waals surface area contributed by atoms with Crippen molar-refractivity contribution >= 4 is 11.7 Å². The van der Waals surface area contributed by atoms with E-state index in [1.165, 1.54) is 11.9 Å². The molecule has 1 amide bonds. The molecule has 0 spiro atoms. The van der Waals surface area contributed by atoms with Gasteiger partial charge in [-0.15, -0.1) is 0 Å². The Balaban J connectivity index is 1.62. The highest BCUT2D eigenvalue weighted by Gasteiger charge is 2.27. The molecule has 26 heavy (non-hydrogen) atoms. The molecule has 1 atom stereocenters. The van der Waals surface area contributed by atoms with Crippen LogP contribution in [0.3, 0.4) is 0 Å². The van der Waals surface area contributed by atoms with Crippen molar-refractivity contribution in [2.75, 3.05) is 19.6 Å². The van der Waals surface area contributed by atoms with Gasteiger partial charge in [-0.1, -0.05) is 44.2 Å². The molecule has 2 aromatic heterocycles. The third-order valence-corrected chi connectivity index (χ3v) is 4.75. The fraction of sp³-hybridized carbons (Fsp3) is 0.368. The Morgan fingerprint density at radius 3 is 2.85 bits per heavy atom. The number of carbonyl (C=O) groups excluding carboxylic acids is 1. The molecule has 1 saturated heterocycles. The first-order valence-corrected chi connectivity index (χ1v) is 8.92. The smallest absolute Gasteiger partial charge is 0.272 e. The van der Waals surface area contributed by atoms with Crippen molar-refractivity contribution in [2.24, 2.45) is 0 Å². The molecule has 7 nitrogen and oxygen atoms in total. The Labute approximate surface area is 152 Å². The van der Waals surface area contributed by atoms with Gasteiger partial charge in [0.25, 0.3) is 11.7 Å². The molecule has 1 fully saturated rings. The highest BCUT2D eigenvalue weighted by Crippen LogP contribution is 2.20. The summed E-state index contributed by atoms with van der Waals surface area (Å²) in [7, 11) is 0. The van der Waals surface area contributed by atoms with Crippen molar-refractivity contribution in [2.45, 2.75) is 25.8 Å². The van der Waals surface area contributed by atoms with Crippen molar-refractivity contribution in [3.8, 4) is 0 Å². The number of rotatable bonds is 3. The molecule has 7 heteroatoms. The fourth-order valence-electron chi connectivity index (χ4n) is 3.36. The lowest BCUT2D eigenvalue weighted by Crippen LogP contribution is -2.48. The van der Waals surface area contributed by atoms with Gasteiger partial charge in [-0.25, -0.2) is 9.50 Å². The SMILES string of the molecule is CC(C)c1cc(C(=O)N2CCN[C@H](c3ccccc3)C2)nc2ncnn12. The number of hydrogen-bond acceptors (Lipinski definition) is 5. The molecule has 0 saturated carbocycles. The van der Waals surface area contributed by atoms with Gasteiger partial charge in [0.1, 0.15) is 12.0 Å². The van der Waals surface area contributed by atoms with E-state index in [-0.39, 0.29) is 17.9 Å². The van der Waals surface area contributed by atoms with E-state index in [1.807, 2.05) is 29.2 Å². The summed E-state index contributed by atoms with van der Waals surface area (Å²) in [6.07, 6.45) is 1.47. The molecule has 0 bridgehead atoms. The lowest BCUT2D eigenvalue weighted by Gasteiger charge is -2.34. The molecular formula is C19H22N6O. The lowest BCUT2D eigenvalue weighted by molar-refractivity contribution is 0.0697. The summed E-state index contributed by atoms with van der Waals surface area (Å²) in [6, 6.07) is 12.2. The van der Waals surface area contributed by atoms with Crippen molar-refractivity contribution in [1.82, 2.24) is 29.8 Å². The zero-order valence-corrected chi connectivity index (χ0v) is 15.0. The van der Waals surface area contributed by atoms with E-state index < -0.39 is 0 Å². The Kier molecular flexibility index (Phi) is 4.38. The Morgan fingerprint density at radius 2 is 2.08 bits per heavy atom. The molecule has 1 aliphatic heterocycles. The number of benzene rings is 1. The Hall–Kier alpha value is -2.80. The van der Waals surface area contributed by atoms with Crippen LogP contribution in [0.2, 0.25) is 0 Å². The first kappa shape index (κ1) is 16.7. The minimum atomic E-state index is -0.0557. The molecule has 0 radical (unpaired) electrons. The quantitative estimate of drug-likeness (QED) is 0.782. The molecule has 0 unspecified atom stereocenters. The Bertz CT molecular complexity index is 920. The summed E-state index contributed by atoms with van der Waals surface area (Å²) in [5, 5.41) is 7.70. The standard InChI is InChI=1S/C19H22N6O/c1-13(2)17-10-15(23-19-21-12-22-25(17)19)18(26)24-9-8-20-16(11-24)14-6-4-3-5-7-14/h3-7,10,12-13,16,20H,8-9,11H2,1-2H3/t16-/m0/s1. The van der Waals surface area contributed by atoms with E-state index in [4.69, 9.17) is 0 Å². The number of nitrogens with zero attached hydrogens (tertiary/aromatic N) is 5. The van der Waals surface area contributed by atoms with Crippen molar-refractivity contribution in [1.29, 1.82) is 0 Å². The second kappa shape index (κ2) is 6.84. The van der Waals surface area contributed by atoms with Gasteiger partial charge in [0, 0.05) is 25.7 Å². The minimum absolute atomic E-state index is 0.0557. The van der Waals surface area contributed by atoms with Gasteiger partial charge in [-0.3, -0.25) is 4.79 Å². The van der Waals surface area contributed by atoms with Gasteiger partial charge < -0.3 is 10.2 Å². The van der Waals surface area contributed by atoms with Gasteiger partial charge >= 0.3 is 0 Å². The van der Waals surface area contributed by atoms with Crippen molar-refractivity contribution in [3.05, 3.63) is 59.7 Å². The average Bonchev–Trinajstić information content (AvgIpc) is 3.16. The number of hydrogen-bond donors (Lipinski definition) is 1. The van der Waals surface area contributed by atoms with Crippen LogP contribution >= 0.6 is 0 Å². The van der Waals surface area contributed by atoms with Gasteiger partial charge in [0.05, 0.1) is 5.69 Å². The first-order chi connectivity index (χ1) is 12.6. The normalized spacial score (nSPS) is 17.8. The summed E-state index contributed by atoms with van der Waals surface area (Å²) in [4.78, 5) is 23.6. The maximum Gasteiger partial charge on any atom is 0.272 e. The summed E-state index contributed by atoms with van der Waals surface area (Å²) in [5.41, 5.74) is 2.56. The fourth-order valence-corrected chi connectivity index (χ4v) is 3.36. The highest BCUT2D eigenvalue weighted by molar-refractivity contribution is 5.93. The van der Waals surface area contributed by atoms with Gasteiger partial charge in [-0.2, -0.15) is 10.1 Å². The molecule has 3 heterocycles. The molecule has 3 aromatic rings. The molecule has 134 valence electrons. The topological polar surface area (TPSA) is 75.4 Å². The third-order valence-electron chi connectivity index (χ3n) is 4.75. The van der Waals surface area contributed by atoms with E-state index in [1.54, 1.807) is 4.52 Å². The maximum absolute atomic E-state index is 13.1. The maximum atomic E-state index is 13.1. The Morgan fingerprint density at radius 1 is 1.27 bits per heavy atom. The zero-order chi connectivity index (χ0) is 18.1. The molecule has 1 N–H and O–H groups in total. The summed E-state index contributed by atoms with van der Waals surface area (Å²) >= 11 is 0. The highest BCUT2D eigenvalue weighted by atomic mass is 16.2. The second-order valence-electron chi connectivity index (χ2n) is 6.86. The predicted molar refractivity (Wildman–Crippen MR) is 98.0 cm³/mol. The van der Waals surface area contributed by atoms with Gasteiger partial charge in [0.15, 0.2) is 0 Å². The van der Waals surface area contributed by atoms with Crippen LogP contribution in [0.15, 0.2) is 42.7 Å². The lowest BCUT2D eigenvalue weighted by atomic mass is 10.0. The second-order valence-corrected chi connectivity index (χ2v) is 6.86.